The molecule has 1 atom stereocenters. The maximum absolute atomic E-state index is 11.7. The summed E-state index contributed by atoms with van der Waals surface area (Å²) in [5, 5.41) is 26.5. The fourth-order valence-electron chi connectivity index (χ4n) is 1.71. The predicted molar refractivity (Wildman–Crippen MR) is 90.4 cm³/mol. The molecule has 0 aromatic carbocycles. The molecular formula is C16H29N3O6. The van der Waals surface area contributed by atoms with Gasteiger partial charge in [0.05, 0.1) is 6.61 Å². The first-order chi connectivity index (χ1) is 11.6. The third-order valence-electron chi connectivity index (χ3n) is 3.52. The van der Waals surface area contributed by atoms with Crippen molar-refractivity contribution in [1.82, 2.24) is 16.0 Å². The highest BCUT2D eigenvalue weighted by molar-refractivity contribution is 5.84. The lowest BCUT2D eigenvalue weighted by Crippen LogP contribution is -2.46. The van der Waals surface area contributed by atoms with Gasteiger partial charge in [-0.25, -0.2) is 0 Å². The van der Waals surface area contributed by atoms with E-state index >= 15 is 0 Å². The Hall–Kier alpha value is -2.00. The summed E-state index contributed by atoms with van der Waals surface area (Å²) in [5.74, 6) is -1.27. The van der Waals surface area contributed by atoms with Gasteiger partial charge in [0.25, 0.3) is 0 Å². The molecule has 0 rings (SSSR count). The van der Waals surface area contributed by atoms with E-state index in [1.165, 1.54) is 6.92 Å². The van der Waals surface area contributed by atoms with Crippen LogP contribution in [0.2, 0.25) is 0 Å². The molecule has 0 unspecified atom stereocenters. The van der Waals surface area contributed by atoms with Crippen molar-refractivity contribution in [3.63, 3.8) is 0 Å². The van der Waals surface area contributed by atoms with Gasteiger partial charge in [-0.2, -0.15) is 0 Å². The molecule has 0 fully saturated rings. The minimum absolute atomic E-state index is 0.0241. The average Bonchev–Trinajstić information content (AvgIpc) is 2.55. The largest absolute Gasteiger partial charge is 0.396 e. The summed E-state index contributed by atoms with van der Waals surface area (Å²) in [5.41, 5.74) is -0.965. The minimum atomic E-state index is -1.37. The van der Waals surface area contributed by atoms with Crippen LogP contribution in [0.1, 0.15) is 40.0 Å². The number of hydrogen-bond acceptors (Lipinski definition) is 6. The Morgan fingerprint density at radius 2 is 1.40 bits per heavy atom. The average molecular weight is 359 g/mol. The summed E-state index contributed by atoms with van der Waals surface area (Å²) >= 11 is 0. The van der Waals surface area contributed by atoms with Gasteiger partial charge in [-0.05, 0) is 6.92 Å². The van der Waals surface area contributed by atoms with Crippen LogP contribution in [-0.4, -0.2) is 66.1 Å². The van der Waals surface area contributed by atoms with E-state index in [1.54, 1.807) is 13.8 Å². The number of ketones is 1. The van der Waals surface area contributed by atoms with E-state index in [0.717, 1.165) is 0 Å². The fraction of sp³-hybridized carbons (Fsp3) is 0.750. The molecule has 0 radical (unpaired) electrons. The Kier molecular flexibility index (Phi) is 10.6. The number of rotatable bonds is 12. The molecule has 9 heteroatoms. The van der Waals surface area contributed by atoms with Gasteiger partial charge >= 0.3 is 0 Å². The molecule has 0 bridgehead atoms. The molecular weight excluding hydrogens is 330 g/mol. The molecule has 0 saturated heterocycles. The van der Waals surface area contributed by atoms with Crippen LogP contribution in [0.3, 0.4) is 0 Å². The van der Waals surface area contributed by atoms with Gasteiger partial charge in [-0.1, -0.05) is 13.8 Å². The van der Waals surface area contributed by atoms with Crippen LogP contribution in [0.4, 0.5) is 0 Å². The quantitative estimate of drug-likeness (QED) is 0.267. The SMILES string of the molecule is CC(=O)CCC(=O)NCCNC(=O)CCNC(=O)[C@H](O)C(C)(C)CO. The summed E-state index contributed by atoms with van der Waals surface area (Å²) in [6.07, 6.45) is -1.03. The number of carbonyl (C=O) groups excluding carboxylic acids is 4. The summed E-state index contributed by atoms with van der Waals surface area (Å²) in [6.45, 7) is 4.70. The van der Waals surface area contributed by atoms with Crippen molar-refractivity contribution >= 4 is 23.5 Å². The molecule has 0 aromatic rings. The maximum Gasteiger partial charge on any atom is 0.249 e. The van der Waals surface area contributed by atoms with Gasteiger partial charge in [0, 0.05) is 44.3 Å². The monoisotopic (exact) mass is 359 g/mol. The van der Waals surface area contributed by atoms with Gasteiger partial charge in [-0.15, -0.1) is 0 Å². The molecule has 0 aliphatic carbocycles. The summed E-state index contributed by atoms with van der Waals surface area (Å²) in [7, 11) is 0. The number of hydrogen-bond donors (Lipinski definition) is 5. The topological polar surface area (TPSA) is 145 Å². The number of nitrogens with one attached hydrogen (secondary N) is 3. The van der Waals surface area contributed by atoms with Gasteiger partial charge in [0.2, 0.25) is 17.7 Å². The molecule has 0 aromatic heterocycles. The number of amides is 3. The Bertz CT molecular complexity index is 478. The molecule has 5 N–H and O–H groups in total. The molecule has 144 valence electrons. The maximum atomic E-state index is 11.7. The van der Waals surface area contributed by atoms with Gasteiger partial charge in [-0.3, -0.25) is 14.4 Å². The lowest BCUT2D eigenvalue weighted by Gasteiger charge is -2.27. The third kappa shape index (κ3) is 10.5. The Balaban J connectivity index is 3.83. The second-order valence-electron chi connectivity index (χ2n) is 6.49. The van der Waals surface area contributed by atoms with Crippen LogP contribution in [0.5, 0.6) is 0 Å². The second kappa shape index (κ2) is 11.5. The first-order valence-corrected chi connectivity index (χ1v) is 8.19. The van der Waals surface area contributed by atoms with Crippen molar-refractivity contribution < 1.29 is 29.4 Å². The van der Waals surface area contributed by atoms with Crippen LogP contribution >= 0.6 is 0 Å². The number of aliphatic hydroxyl groups is 2. The highest BCUT2D eigenvalue weighted by Crippen LogP contribution is 2.19. The summed E-state index contributed by atoms with van der Waals surface area (Å²) in [6, 6.07) is 0. The van der Waals surface area contributed by atoms with Crippen LogP contribution in [-0.2, 0) is 19.2 Å². The van der Waals surface area contributed by atoms with E-state index in [0.29, 0.717) is 0 Å². The van der Waals surface area contributed by atoms with Crippen LogP contribution in [0.15, 0.2) is 0 Å². The molecule has 25 heavy (non-hydrogen) atoms. The normalized spacial score (nSPS) is 12.2. The van der Waals surface area contributed by atoms with E-state index in [2.05, 4.69) is 16.0 Å². The number of carbonyl (C=O) groups is 4. The summed E-state index contributed by atoms with van der Waals surface area (Å²) in [4.78, 5) is 45.4. The lowest BCUT2D eigenvalue weighted by atomic mass is 9.87. The number of aliphatic hydroxyl groups excluding tert-OH is 2. The second-order valence-corrected chi connectivity index (χ2v) is 6.49. The zero-order valence-electron chi connectivity index (χ0n) is 15.1. The standard InChI is InChI=1S/C16H29N3O6/c1-11(21)4-5-12(22)17-8-9-18-13(23)6-7-19-15(25)14(24)16(2,3)10-20/h14,20,24H,4-10H2,1-3H3,(H,17,22)(H,18,23)(H,19,25)/t14-/m0/s1. The molecule has 9 nitrogen and oxygen atoms in total. The first-order valence-electron chi connectivity index (χ1n) is 8.19. The van der Waals surface area contributed by atoms with Gasteiger partial charge in [0.15, 0.2) is 0 Å². The lowest BCUT2D eigenvalue weighted by molar-refractivity contribution is -0.137. The van der Waals surface area contributed by atoms with Crippen LogP contribution < -0.4 is 16.0 Å². The van der Waals surface area contributed by atoms with Crippen molar-refractivity contribution in [3.05, 3.63) is 0 Å². The van der Waals surface area contributed by atoms with Gasteiger partial charge < -0.3 is 31.0 Å². The van der Waals surface area contributed by atoms with Crippen molar-refractivity contribution in [1.29, 1.82) is 0 Å². The molecule has 0 saturated carbocycles. The summed E-state index contributed by atoms with van der Waals surface area (Å²) < 4.78 is 0. The van der Waals surface area contributed by atoms with E-state index in [4.69, 9.17) is 5.11 Å². The zero-order chi connectivity index (χ0) is 19.5. The minimum Gasteiger partial charge on any atom is -0.396 e. The van der Waals surface area contributed by atoms with E-state index < -0.39 is 17.4 Å². The third-order valence-corrected chi connectivity index (χ3v) is 3.52. The fourth-order valence-corrected chi connectivity index (χ4v) is 1.71. The molecule has 0 spiro atoms. The predicted octanol–water partition coefficient (Wildman–Crippen LogP) is -1.53. The number of Topliss-reactive ketones (excluding diaryl/α,β-unsaturated/α-hetero) is 1. The first kappa shape index (κ1) is 23.0. The highest BCUT2D eigenvalue weighted by Gasteiger charge is 2.32. The van der Waals surface area contributed by atoms with Gasteiger partial charge in [0.1, 0.15) is 11.9 Å². The van der Waals surface area contributed by atoms with E-state index in [9.17, 15) is 24.3 Å². The Morgan fingerprint density at radius 1 is 0.880 bits per heavy atom. The smallest absolute Gasteiger partial charge is 0.249 e. The molecule has 0 heterocycles. The van der Waals surface area contributed by atoms with E-state index in [1.807, 2.05) is 0 Å². The molecule has 3 amide bonds. The van der Waals surface area contributed by atoms with Crippen molar-refractivity contribution in [2.45, 2.75) is 46.1 Å². The van der Waals surface area contributed by atoms with Crippen molar-refractivity contribution in [2.75, 3.05) is 26.2 Å². The zero-order valence-corrected chi connectivity index (χ0v) is 15.1. The van der Waals surface area contributed by atoms with Crippen molar-refractivity contribution in [3.8, 4) is 0 Å². The molecule has 0 aliphatic rings. The van der Waals surface area contributed by atoms with E-state index in [-0.39, 0.29) is 63.1 Å². The van der Waals surface area contributed by atoms with Crippen molar-refractivity contribution in [2.24, 2.45) is 5.41 Å². The Labute approximate surface area is 147 Å². The molecule has 0 aliphatic heterocycles. The highest BCUT2D eigenvalue weighted by atomic mass is 16.3. The van der Waals surface area contributed by atoms with Crippen LogP contribution in [0, 0.1) is 5.41 Å². The van der Waals surface area contributed by atoms with Crippen LogP contribution in [0.25, 0.3) is 0 Å². The Morgan fingerprint density at radius 3 is 1.88 bits per heavy atom.